The molecule has 0 fully saturated rings. The highest BCUT2D eigenvalue weighted by atomic mass is 16.5. The van der Waals surface area contributed by atoms with E-state index in [4.69, 9.17) is 38.3 Å². The SMILES string of the molecule is C=C(O)CC(C)=O.COCC(COC)(COC)COCC(COC)(COC)COC. The summed E-state index contributed by atoms with van der Waals surface area (Å²) in [5, 5.41) is 8.31. The Balaban J connectivity index is 0. The van der Waals surface area contributed by atoms with Crippen LogP contribution in [0.25, 0.3) is 0 Å². The summed E-state index contributed by atoms with van der Waals surface area (Å²) in [5.74, 6) is -0.125. The highest BCUT2D eigenvalue weighted by Gasteiger charge is 2.35. The zero-order chi connectivity index (χ0) is 23.5. The van der Waals surface area contributed by atoms with E-state index < -0.39 is 0 Å². The highest BCUT2D eigenvalue weighted by molar-refractivity contribution is 5.77. The summed E-state index contributed by atoms with van der Waals surface area (Å²) >= 11 is 0. The molecular formula is C21H42O9. The molecule has 0 rings (SSSR count). The van der Waals surface area contributed by atoms with Crippen LogP contribution in [0, 0.1) is 10.8 Å². The molecule has 9 nitrogen and oxygen atoms in total. The van der Waals surface area contributed by atoms with Crippen molar-refractivity contribution in [2.45, 2.75) is 13.3 Å². The number of ketones is 1. The van der Waals surface area contributed by atoms with Gasteiger partial charge in [0.05, 0.1) is 75.9 Å². The van der Waals surface area contributed by atoms with Crippen LogP contribution in [0.1, 0.15) is 13.3 Å². The summed E-state index contributed by atoms with van der Waals surface area (Å²) < 4.78 is 37.9. The van der Waals surface area contributed by atoms with Gasteiger partial charge >= 0.3 is 0 Å². The molecule has 1 N–H and O–H groups in total. The Morgan fingerprint density at radius 3 is 1.07 bits per heavy atom. The minimum Gasteiger partial charge on any atom is -0.512 e. The summed E-state index contributed by atoms with van der Waals surface area (Å²) in [4.78, 5) is 10.0. The monoisotopic (exact) mass is 438 g/mol. The topological polar surface area (TPSA) is 102 Å². The van der Waals surface area contributed by atoms with Crippen LogP contribution in [-0.2, 0) is 38.0 Å². The molecule has 180 valence electrons. The second-order valence-corrected chi connectivity index (χ2v) is 7.54. The average Bonchev–Trinajstić information content (AvgIpc) is 2.62. The van der Waals surface area contributed by atoms with Crippen LogP contribution in [0.5, 0.6) is 0 Å². The third-order valence-electron chi connectivity index (χ3n) is 3.97. The molecule has 0 aliphatic carbocycles. The number of allylic oxidation sites excluding steroid dienone is 1. The fourth-order valence-electron chi connectivity index (χ4n) is 3.11. The van der Waals surface area contributed by atoms with E-state index in [9.17, 15) is 4.79 Å². The molecule has 0 aromatic carbocycles. The Morgan fingerprint density at radius 2 is 0.933 bits per heavy atom. The van der Waals surface area contributed by atoms with Crippen molar-refractivity contribution in [1.82, 2.24) is 0 Å². The first-order valence-electron chi connectivity index (χ1n) is 9.58. The Kier molecular flexibility index (Phi) is 19.4. The first-order chi connectivity index (χ1) is 14.2. The van der Waals surface area contributed by atoms with Crippen LogP contribution in [0.3, 0.4) is 0 Å². The molecule has 0 unspecified atom stereocenters. The molecule has 0 bridgehead atoms. The van der Waals surface area contributed by atoms with E-state index >= 15 is 0 Å². The number of ether oxygens (including phenoxy) is 7. The van der Waals surface area contributed by atoms with Crippen LogP contribution >= 0.6 is 0 Å². The normalized spacial score (nSPS) is 11.7. The zero-order valence-electron chi connectivity index (χ0n) is 19.8. The largest absolute Gasteiger partial charge is 0.512 e. The molecule has 9 heteroatoms. The lowest BCUT2D eigenvalue weighted by Crippen LogP contribution is -2.45. The van der Waals surface area contributed by atoms with Crippen LogP contribution < -0.4 is 0 Å². The van der Waals surface area contributed by atoms with Crippen molar-refractivity contribution in [3.05, 3.63) is 12.3 Å². The minimum absolute atomic E-state index is 0.0625. The van der Waals surface area contributed by atoms with Crippen molar-refractivity contribution < 1.29 is 43.1 Å². The molecule has 0 saturated heterocycles. The van der Waals surface area contributed by atoms with Gasteiger partial charge in [-0.05, 0) is 6.92 Å². The number of aliphatic hydroxyl groups is 1. The molecule has 0 aromatic rings. The molecule has 0 amide bonds. The van der Waals surface area contributed by atoms with Crippen molar-refractivity contribution in [3.8, 4) is 0 Å². The molecule has 30 heavy (non-hydrogen) atoms. The Morgan fingerprint density at radius 1 is 0.667 bits per heavy atom. The Hall–Kier alpha value is -1.07. The molecular weight excluding hydrogens is 396 g/mol. The molecule has 0 aliphatic rings. The predicted octanol–water partition coefficient (Wildman–Crippen LogP) is 1.89. The van der Waals surface area contributed by atoms with E-state index in [0.29, 0.717) is 52.9 Å². The van der Waals surface area contributed by atoms with Crippen molar-refractivity contribution in [2.24, 2.45) is 10.8 Å². The van der Waals surface area contributed by atoms with Gasteiger partial charge < -0.3 is 38.3 Å². The van der Waals surface area contributed by atoms with E-state index in [-0.39, 0.29) is 28.8 Å². The van der Waals surface area contributed by atoms with Gasteiger partial charge in [0.15, 0.2) is 0 Å². The molecule has 0 heterocycles. The average molecular weight is 439 g/mol. The summed E-state index contributed by atoms with van der Waals surface area (Å²) in [6, 6.07) is 0. The summed E-state index contributed by atoms with van der Waals surface area (Å²) in [7, 11) is 9.95. The predicted molar refractivity (Wildman–Crippen MR) is 114 cm³/mol. The highest BCUT2D eigenvalue weighted by Crippen LogP contribution is 2.24. The molecule has 0 aliphatic heterocycles. The van der Waals surface area contributed by atoms with Gasteiger partial charge in [-0.3, -0.25) is 4.79 Å². The van der Waals surface area contributed by atoms with Gasteiger partial charge in [0.25, 0.3) is 0 Å². The number of carbonyl (C=O) groups excluding carboxylic acids is 1. The number of Topliss-reactive ketones (excluding diaryl/α,β-unsaturated/α-hetero) is 1. The van der Waals surface area contributed by atoms with Gasteiger partial charge in [-0.2, -0.15) is 0 Å². The molecule has 0 spiro atoms. The van der Waals surface area contributed by atoms with Crippen LogP contribution in [0.4, 0.5) is 0 Å². The second-order valence-electron chi connectivity index (χ2n) is 7.54. The first kappa shape index (κ1) is 31.1. The summed E-state index contributed by atoms with van der Waals surface area (Å²) in [5.41, 5.74) is -0.700. The quantitative estimate of drug-likeness (QED) is 0.321. The number of aliphatic hydroxyl groups excluding tert-OH is 1. The lowest BCUT2D eigenvalue weighted by molar-refractivity contribution is -0.125. The number of carbonyl (C=O) groups is 1. The third-order valence-corrected chi connectivity index (χ3v) is 3.97. The van der Waals surface area contributed by atoms with Gasteiger partial charge in [-0.15, -0.1) is 0 Å². The number of hydrogen-bond donors (Lipinski definition) is 1. The standard InChI is InChI=1S/C16H34O7.C5H8O2/c1-17-7-15(8-18-2,9-19-3)13-23-14-16(10-20-4,11-21-5)12-22-6;1-4(6)3-5(2)7/h7-14H2,1-6H3;6H,1,3H2,2H3. The molecule has 0 radical (unpaired) electrons. The summed E-state index contributed by atoms with van der Waals surface area (Å²) in [6.07, 6.45) is 0.0833. The Bertz CT molecular complexity index is 368. The van der Waals surface area contributed by atoms with Crippen LogP contribution in [0.15, 0.2) is 12.3 Å². The van der Waals surface area contributed by atoms with Crippen molar-refractivity contribution in [1.29, 1.82) is 0 Å². The molecule has 0 aromatic heterocycles. The number of methoxy groups -OCH3 is 6. The van der Waals surface area contributed by atoms with Crippen LogP contribution in [0.2, 0.25) is 0 Å². The maximum Gasteiger partial charge on any atom is 0.137 e. The molecule has 0 saturated carbocycles. The van der Waals surface area contributed by atoms with Crippen molar-refractivity contribution in [2.75, 3.05) is 95.5 Å². The lowest BCUT2D eigenvalue weighted by Gasteiger charge is -2.35. The summed E-state index contributed by atoms with van der Waals surface area (Å²) in [6.45, 7) is 8.35. The van der Waals surface area contributed by atoms with Gasteiger partial charge in [-0.25, -0.2) is 0 Å². The molecule has 0 atom stereocenters. The fourth-order valence-corrected chi connectivity index (χ4v) is 3.11. The minimum atomic E-state index is -0.350. The van der Waals surface area contributed by atoms with Crippen molar-refractivity contribution >= 4 is 5.78 Å². The van der Waals surface area contributed by atoms with Gasteiger partial charge in [0, 0.05) is 42.7 Å². The lowest BCUT2D eigenvalue weighted by atomic mass is 9.90. The van der Waals surface area contributed by atoms with Crippen LogP contribution in [-0.4, -0.2) is 106 Å². The second kappa shape index (κ2) is 18.7. The van der Waals surface area contributed by atoms with Gasteiger partial charge in [-0.1, -0.05) is 6.58 Å². The zero-order valence-corrected chi connectivity index (χ0v) is 19.8. The Labute approximate surface area is 181 Å². The maximum absolute atomic E-state index is 10.0. The van der Waals surface area contributed by atoms with Gasteiger partial charge in [0.2, 0.25) is 0 Å². The first-order valence-corrected chi connectivity index (χ1v) is 9.58. The van der Waals surface area contributed by atoms with Crippen molar-refractivity contribution in [3.63, 3.8) is 0 Å². The number of hydrogen-bond acceptors (Lipinski definition) is 9. The van der Waals surface area contributed by atoms with Gasteiger partial charge in [0.1, 0.15) is 5.78 Å². The maximum atomic E-state index is 10.0. The van der Waals surface area contributed by atoms with E-state index in [1.807, 2.05) is 0 Å². The fraction of sp³-hybridized carbons (Fsp3) is 0.857. The number of rotatable bonds is 18. The third kappa shape index (κ3) is 14.8. The van der Waals surface area contributed by atoms with E-state index in [2.05, 4.69) is 6.58 Å². The smallest absolute Gasteiger partial charge is 0.137 e. The van der Waals surface area contributed by atoms with E-state index in [1.54, 1.807) is 42.7 Å². The van der Waals surface area contributed by atoms with E-state index in [0.717, 1.165) is 0 Å². The van der Waals surface area contributed by atoms with E-state index in [1.165, 1.54) is 6.92 Å².